The van der Waals surface area contributed by atoms with Crippen molar-refractivity contribution >= 4 is 6.03 Å². The number of ether oxygens (including phenoxy) is 1. The summed E-state index contributed by atoms with van der Waals surface area (Å²) >= 11 is 0. The summed E-state index contributed by atoms with van der Waals surface area (Å²) in [6.45, 7) is 7.65. The molecule has 0 aromatic heterocycles. The molecule has 1 fully saturated rings. The molecule has 1 aliphatic rings. The van der Waals surface area contributed by atoms with E-state index in [0.717, 1.165) is 5.57 Å². The van der Waals surface area contributed by atoms with Crippen LogP contribution in [0.5, 0.6) is 0 Å². The molecule has 0 saturated carbocycles. The third-order valence-corrected chi connectivity index (χ3v) is 2.19. The van der Waals surface area contributed by atoms with E-state index in [4.69, 9.17) is 4.74 Å². The fourth-order valence-electron chi connectivity index (χ4n) is 1.42. The van der Waals surface area contributed by atoms with Crippen LogP contribution in [0.15, 0.2) is 12.2 Å². The van der Waals surface area contributed by atoms with Crippen LogP contribution in [0.4, 0.5) is 4.79 Å². The molecule has 1 unspecified atom stereocenters. The molecule has 1 N–H and O–H groups in total. The van der Waals surface area contributed by atoms with E-state index in [1.54, 1.807) is 12.0 Å². The molecular formula is C9H16N2O2. The molecule has 1 aliphatic heterocycles. The highest BCUT2D eigenvalue weighted by Crippen LogP contribution is 2.13. The SMILES string of the molecule is C=C(C)C1CNC(=O)N1CCOC. The fraction of sp³-hybridized carbons (Fsp3) is 0.667. The Balaban J connectivity index is 2.55. The largest absolute Gasteiger partial charge is 0.383 e. The molecular weight excluding hydrogens is 168 g/mol. The summed E-state index contributed by atoms with van der Waals surface area (Å²) in [7, 11) is 1.63. The van der Waals surface area contributed by atoms with E-state index in [1.807, 2.05) is 6.92 Å². The fourth-order valence-corrected chi connectivity index (χ4v) is 1.42. The lowest BCUT2D eigenvalue weighted by molar-refractivity contribution is 0.152. The average molecular weight is 184 g/mol. The summed E-state index contributed by atoms with van der Waals surface area (Å²) in [5, 5.41) is 2.78. The molecule has 0 spiro atoms. The van der Waals surface area contributed by atoms with Crippen LogP contribution in [0.1, 0.15) is 6.92 Å². The topological polar surface area (TPSA) is 41.6 Å². The zero-order chi connectivity index (χ0) is 9.84. The Bertz CT molecular complexity index is 216. The normalized spacial score (nSPS) is 21.8. The van der Waals surface area contributed by atoms with Crippen LogP contribution in [0, 0.1) is 0 Å². The van der Waals surface area contributed by atoms with E-state index in [9.17, 15) is 4.79 Å². The van der Waals surface area contributed by atoms with E-state index in [1.165, 1.54) is 0 Å². The maximum absolute atomic E-state index is 11.3. The summed E-state index contributed by atoms with van der Waals surface area (Å²) in [5.41, 5.74) is 1.01. The van der Waals surface area contributed by atoms with Gasteiger partial charge in [-0.3, -0.25) is 0 Å². The second-order valence-corrected chi connectivity index (χ2v) is 3.23. The molecule has 1 rings (SSSR count). The summed E-state index contributed by atoms with van der Waals surface area (Å²) in [5.74, 6) is 0. The van der Waals surface area contributed by atoms with Gasteiger partial charge >= 0.3 is 6.03 Å². The highest BCUT2D eigenvalue weighted by molar-refractivity contribution is 5.77. The number of hydrogen-bond acceptors (Lipinski definition) is 2. The van der Waals surface area contributed by atoms with E-state index < -0.39 is 0 Å². The molecule has 0 bridgehead atoms. The number of nitrogens with zero attached hydrogens (tertiary/aromatic N) is 1. The third-order valence-electron chi connectivity index (χ3n) is 2.19. The number of carbonyl (C=O) groups excluding carboxylic acids is 1. The molecule has 74 valence electrons. The predicted molar refractivity (Wildman–Crippen MR) is 50.6 cm³/mol. The minimum absolute atomic E-state index is 0.0231. The molecule has 1 saturated heterocycles. The second kappa shape index (κ2) is 4.28. The number of rotatable bonds is 4. The van der Waals surface area contributed by atoms with Crippen LogP contribution in [0.25, 0.3) is 0 Å². The summed E-state index contributed by atoms with van der Waals surface area (Å²) in [6.07, 6.45) is 0. The first-order valence-electron chi connectivity index (χ1n) is 4.35. The lowest BCUT2D eigenvalue weighted by Crippen LogP contribution is -2.37. The van der Waals surface area contributed by atoms with Gasteiger partial charge in [-0.25, -0.2) is 4.79 Å². The van der Waals surface area contributed by atoms with Crippen molar-refractivity contribution in [1.29, 1.82) is 0 Å². The predicted octanol–water partition coefficient (Wildman–Crippen LogP) is 0.603. The van der Waals surface area contributed by atoms with Crippen LogP contribution >= 0.6 is 0 Å². The van der Waals surface area contributed by atoms with Gasteiger partial charge in [0.1, 0.15) is 0 Å². The quantitative estimate of drug-likeness (QED) is 0.650. The Morgan fingerprint density at radius 3 is 3.08 bits per heavy atom. The molecule has 4 heteroatoms. The highest BCUT2D eigenvalue weighted by Gasteiger charge is 2.30. The Hall–Kier alpha value is -1.03. The highest BCUT2D eigenvalue weighted by atomic mass is 16.5. The number of hydrogen-bond donors (Lipinski definition) is 1. The Labute approximate surface area is 78.5 Å². The van der Waals surface area contributed by atoms with Crippen LogP contribution in [-0.4, -0.2) is 43.8 Å². The van der Waals surface area contributed by atoms with Crippen molar-refractivity contribution in [3.8, 4) is 0 Å². The first-order chi connectivity index (χ1) is 6.16. The molecule has 0 aromatic carbocycles. The van der Waals surface area contributed by atoms with Crippen LogP contribution in [-0.2, 0) is 4.74 Å². The van der Waals surface area contributed by atoms with E-state index in [0.29, 0.717) is 19.7 Å². The summed E-state index contributed by atoms with van der Waals surface area (Å²) < 4.78 is 4.93. The number of nitrogens with one attached hydrogen (secondary N) is 1. The smallest absolute Gasteiger partial charge is 0.318 e. The Kier molecular flexibility index (Phi) is 3.31. The molecule has 13 heavy (non-hydrogen) atoms. The third kappa shape index (κ3) is 2.21. The maximum Gasteiger partial charge on any atom is 0.318 e. The number of methoxy groups -OCH3 is 1. The Morgan fingerprint density at radius 2 is 2.54 bits per heavy atom. The van der Waals surface area contributed by atoms with Gasteiger partial charge in [-0.2, -0.15) is 0 Å². The molecule has 2 amide bonds. The zero-order valence-electron chi connectivity index (χ0n) is 8.17. The van der Waals surface area contributed by atoms with Gasteiger partial charge < -0.3 is 15.0 Å². The Morgan fingerprint density at radius 1 is 1.85 bits per heavy atom. The van der Waals surface area contributed by atoms with Gasteiger partial charge in [-0.15, -0.1) is 0 Å². The molecule has 1 atom stereocenters. The minimum atomic E-state index is -0.0231. The molecule has 0 aliphatic carbocycles. The summed E-state index contributed by atoms with van der Waals surface area (Å²) in [6, 6.07) is 0.104. The van der Waals surface area contributed by atoms with E-state index >= 15 is 0 Å². The lowest BCUT2D eigenvalue weighted by atomic mass is 10.1. The van der Waals surface area contributed by atoms with E-state index in [-0.39, 0.29) is 12.1 Å². The first kappa shape index (κ1) is 10.1. The van der Waals surface area contributed by atoms with Crippen molar-refractivity contribution in [2.24, 2.45) is 0 Å². The molecule has 1 heterocycles. The van der Waals surface area contributed by atoms with Crippen molar-refractivity contribution in [1.82, 2.24) is 10.2 Å². The van der Waals surface area contributed by atoms with Crippen LogP contribution < -0.4 is 5.32 Å². The van der Waals surface area contributed by atoms with Gasteiger partial charge in [0.05, 0.1) is 12.6 Å². The van der Waals surface area contributed by atoms with Crippen molar-refractivity contribution in [3.05, 3.63) is 12.2 Å². The monoisotopic (exact) mass is 184 g/mol. The van der Waals surface area contributed by atoms with Crippen molar-refractivity contribution in [2.75, 3.05) is 26.8 Å². The number of amides is 2. The van der Waals surface area contributed by atoms with Gasteiger partial charge in [0, 0.05) is 20.2 Å². The lowest BCUT2D eigenvalue weighted by Gasteiger charge is -2.22. The van der Waals surface area contributed by atoms with Crippen molar-refractivity contribution in [2.45, 2.75) is 13.0 Å². The summed E-state index contributed by atoms with van der Waals surface area (Å²) in [4.78, 5) is 13.1. The molecule has 0 aromatic rings. The van der Waals surface area contributed by atoms with E-state index in [2.05, 4.69) is 11.9 Å². The van der Waals surface area contributed by atoms with Gasteiger partial charge in [0.15, 0.2) is 0 Å². The van der Waals surface area contributed by atoms with Gasteiger partial charge in [0.2, 0.25) is 0 Å². The number of carbonyl (C=O) groups is 1. The van der Waals surface area contributed by atoms with Crippen molar-refractivity contribution in [3.63, 3.8) is 0 Å². The van der Waals surface area contributed by atoms with Gasteiger partial charge in [-0.1, -0.05) is 12.2 Å². The van der Waals surface area contributed by atoms with Crippen LogP contribution in [0.3, 0.4) is 0 Å². The number of urea groups is 1. The van der Waals surface area contributed by atoms with Gasteiger partial charge in [-0.05, 0) is 6.92 Å². The maximum atomic E-state index is 11.3. The zero-order valence-corrected chi connectivity index (χ0v) is 8.17. The van der Waals surface area contributed by atoms with Crippen LogP contribution in [0.2, 0.25) is 0 Å². The van der Waals surface area contributed by atoms with Crippen molar-refractivity contribution < 1.29 is 9.53 Å². The van der Waals surface area contributed by atoms with Gasteiger partial charge in [0.25, 0.3) is 0 Å². The average Bonchev–Trinajstić information content (AvgIpc) is 2.43. The molecule has 4 nitrogen and oxygen atoms in total. The standard InChI is InChI=1S/C9H16N2O2/c1-7(2)8-6-10-9(12)11(8)4-5-13-3/h8H,1,4-6H2,2-3H3,(H,10,12). The second-order valence-electron chi connectivity index (χ2n) is 3.23. The first-order valence-corrected chi connectivity index (χ1v) is 4.35. The minimum Gasteiger partial charge on any atom is -0.383 e. The molecule has 0 radical (unpaired) electrons.